The fourth-order valence-corrected chi connectivity index (χ4v) is 1.43. The summed E-state index contributed by atoms with van der Waals surface area (Å²) >= 11 is 0. The van der Waals surface area contributed by atoms with Gasteiger partial charge in [0, 0.05) is 18.6 Å². The Kier molecular flexibility index (Phi) is 3.52. The molecule has 2 rings (SSSR count). The van der Waals surface area contributed by atoms with E-state index in [9.17, 15) is 4.79 Å². The van der Waals surface area contributed by atoms with Crippen LogP contribution < -0.4 is 4.74 Å². The molecule has 0 N–H and O–H groups in total. The van der Waals surface area contributed by atoms with Gasteiger partial charge < -0.3 is 9.47 Å². The van der Waals surface area contributed by atoms with Gasteiger partial charge in [0.25, 0.3) is 0 Å². The summed E-state index contributed by atoms with van der Waals surface area (Å²) in [6.45, 7) is 0.470. The smallest absolute Gasteiger partial charge is 0.376 e. The third kappa shape index (κ3) is 2.45. The molecule has 94 valence electrons. The van der Waals surface area contributed by atoms with Crippen LogP contribution in [0.25, 0.3) is 0 Å². The van der Waals surface area contributed by atoms with E-state index in [2.05, 4.69) is 19.8 Å². The second kappa shape index (κ2) is 5.26. The second-order valence-corrected chi connectivity index (χ2v) is 3.42. The molecule has 0 bridgehead atoms. The Hall–Kier alpha value is -2.44. The molecule has 2 aromatic rings. The van der Waals surface area contributed by atoms with E-state index >= 15 is 0 Å². The molecule has 2 heterocycles. The van der Waals surface area contributed by atoms with E-state index in [1.807, 2.05) is 12.3 Å². The minimum atomic E-state index is -0.598. The Morgan fingerprint density at radius 1 is 1.44 bits per heavy atom. The number of nitrogens with zero attached hydrogens (tertiary/aromatic N) is 4. The van der Waals surface area contributed by atoms with E-state index in [4.69, 9.17) is 4.74 Å². The molecule has 2 aromatic heterocycles. The molecule has 0 aliphatic heterocycles. The SMILES string of the molecule is COC(=O)c1ncc(Cn2cccn2)c(OC)n1. The maximum atomic E-state index is 11.3. The molecule has 0 amide bonds. The molecule has 0 fully saturated rings. The van der Waals surface area contributed by atoms with Gasteiger partial charge >= 0.3 is 5.97 Å². The lowest BCUT2D eigenvalue weighted by Gasteiger charge is -2.08. The van der Waals surface area contributed by atoms with Crippen LogP contribution in [0, 0.1) is 0 Å². The van der Waals surface area contributed by atoms with Gasteiger partial charge in [-0.2, -0.15) is 10.1 Å². The summed E-state index contributed by atoms with van der Waals surface area (Å²) < 4.78 is 11.4. The van der Waals surface area contributed by atoms with E-state index in [1.165, 1.54) is 20.4 Å². The van der Waals surface area contributed by atoms with E-state index in [-0.39, 0.29) is 5.82 Å². The van der Waals surface area contributed by atoms with Crippen LogP contribution in [0.3, 0.4) is 0 Å². The quantitative estimate of drug-likeness (QED) is 0.734. The molecule has 7 nitrogen and oxygen atoms in total. The van der Waals surface area contributed by atoms with Gasteiger partial charge in [0.05, 0.1) is 26.3 Å². The lowest BCUT2D eigenvalue weighted by Crippen LogP contribution is -2.11. The molecule has 0 radical (unpaired) electrons. The lowest BCUT2D eigenvalue weighted by molar-refractivity contribution is 0.0585. The summed E-state index contributed by atoms with van der Waals surface area (Å²) in [7, 11) is 2.76. The molecule has 0 aromatic carbocycles. The first kappa shape index (κ1) is 12.0. The molecule has 0 saturated heterocycles. The highest BCUT2D eigenvalue weighted by atomic mass is 16.5. The highest BCUT2D eigenvalue weighted by Crippen LogP contribution is 2.15. The van der Waals surface area contributed by atoms with Crippen LogP contribution in [-0.4, -0.2) is 39.9 Å². The zero-order valence-electron chi connectivity index (χ0n) is 10.0. The van der Waals surface area contributed by atoms with Gasteiger partial charge in [-0.3, -0.25) is 4.68 Å². The van der Waals surface area contributed by atoms with Crippen LogP contribution in [0.4, 0.5) is 0 Å². The topological polar surface area (TPSA) is 79.1 Å². The van der Waals surface area contributed by atoms with Crippen molar-refractivity contribution in [3.8, 4) is 5.88 Å². The van der Waals surface area contributed by atoms with Crippen molar-refractivity contribution in [3.05, 3.63) is 36.0 Å². The van der Waals surface area contributed by atoms with E-state index in [0.29, 0.717) is 12.4 Å². The molecule has 0 saturated carbocycles. The Bertz CT molecular complexity index is 539. The van der Waals surface area contributed by atoms with Gasteiger partial charge in [-0.25, -0.2) is 9.78 Å². The van der Waals surface area contributed by atoms with Crippen LogP contribution in [0.2, 0.25) is 0 Å². The van der Waals surface area contributed by atoms with E-state index in [1.54, 1.807) is 10.9 Å². The third-order valence-electron chi connectivity index (χ3n) is 2.28. The summed E-state index contributed by atoms with van der Waals surface area (Å²) in [5.74, 6) is -0.293. The average Bonchev–Trinajstić information content (AvgIpc) is 2.91. The maximum Gasteiger partial charge on any atom is 0.376 e. The average molecular weight is 248 g/mol. The highest BCUT2D eigenvalue weighted by Gasteiger charge is 2.14. The number of esters is 1. The first-order valence-corrected chi connectivity index (χ1v) is 5.20. The Balaban J connectivity index is 2.28. The van der Waals surface area contributed by atoms with E-state index in [0.717, 1.165) is 5.56 Å². The normalized spacial score (nSPS) is 10.1. The van der Waals surface area contributed by atoms with Crippen LogP contribution in [0.5, 0.6) is 5.88 Å². The first-order valence-electron chi connectivity index (χ1n) is 5.20. The van der Waals surface area contributed by atoms with Crippen molar-refractivity contribution in [2.75, 3.05) is 14.2 Å². The van der Waals surface area contributed by atoms with Gasteiger partial charge in [-0.1, -0.05) is 0 Å². The standard InChI is InChI=1S/C11H12N4O3/c1-17-10-8(7-15-5-3-4-13-15)6-12-9(14-10)11(16)18-2/h3-6H,7H2,1-2H3. The fourth-order valence-electron chi connectivity index (χ4n) is 1.43. The number of rotatable bonds is 4. The summed E-state index contributed by atoms with van der Waals surface area (Å²) in [6.07, 6.45) is 5.02. The van der Waals surface area contributed by atoms with Crippen molar-refractivity contribution in [2.24, 2.45) is 0 Å². The number of hydrogen-bond acceptors (Lipinski definition) is 6. The lowest BCUT2D eigenvalue weighted by atomic mass is 10.3. The van der Waals surface area contributed by atoms with Gasteiger partial charge in [0.1, 0.15) is 0 Å². The monoisotopic (exact) mass is 248 g/mol. The zero-order chi connectivity index (χ0) is 13.0. The van der Waals surface area contributed by atoms with Crippen molar-refractivity contribution in [1.29, 1.82) is 0 Å². The van der Waals surface area contributed by atoms with Crippen molar-refractivity contribution >= 4 is 5.97 Å². The molecule has 0 atom stereocenters. The fraction of sp³-hybridized carbons (Fsp3) is 0.273. The Labute approximate surface area is 103 Å². The maximum absolute atomic E-state index is 11.3. The molecular formula is C11H12N4O3. The van der Waals surface area contributed by atoms with Crippen molar-refractivity contribution in [2.45, 2.75) is 6.54 Å². The van der Waals surface area contributed by atoms with Crippen LogP contribution in [0.15, 0.2) is 24.7 Å². The second-order valence-electron chi connectivity index (χ2n) is 3.42. The van der Waals surface area contributed by atoms with Crippen LogP contribution in [-0.2, 0) is 11.3 Å². The molecule has 0 aliphatic rings. The third-order valence-corrected chi connectivity index (χ3v) is 2.28. The molecule has 0 spiro atoms. The molecule has 7 heteroatoms. The van der Waals surface area contributed by atoms with Gasteiger partial charge in [-0.05, 0) is 6.07 Å². The summed E-state index contributed by atoms with van der Waals surface area (Å²) in [6, 6.07) is 1.82. The van der Waals surface area contributed by atoms with Crippen molar-refractivity contribution in [3.63, 3.8) is 0 Å². The Morgan fingerprint density at radius 2 is 2.28 bits per heavy atom. The Morgan fingerprint density at radius 3 is 2.89 bits per heavy atom. The highest BCUT2D eigenvalue weighted by molar-refractivity contribution is 5.85. The minimum Gasteiger partial charge on any atom is -0.481 e. The molecule has 0 aliphatic carbocycles. The van der Waals surface area contributed by atoms with Gasteiger partial charge in [0.2, 0.25) is 11.7 Å². The number of aromatic nitrogens is 4. The first-order chi connectivity index (χ1) is 8.74. The van der Waals surface area contributed by atoms with Gasteiger partial charge in [-0.15, -0.1) is 0 Å². The number of methoxy groups -OCH3 is 2. The molecule has 0 unspecified atom stereocenters. The summed E-state index contributed by atoms with van der Waals surface area (Å²) in [5, 5.41) is 4.07. The molecule has 18 heavy (non-hydrogen) atoms. The van der Waals surface area contributed by atoms with Crippen molar-refractivity contribution in [1.82, 2.24) is 19.7 Å². The largest absolute Gasteiger partial charge is 0.481 e. The summed E-state index contributed by atoms with van der Waals surface area (Å²) in [4.78, 5) is 19.2. The number of hydrogen-bond donors (Lipinski definition) is 0. The number of carbonyl (C=O) groups excluding carboxylic acids is 1. The molecular weight excluding hydrogens is 236 g/mol. The number of carbonyl (C=O) groups is 1. The zero-order valence-corrected chi connectivity index (χ0v) is 10.0. The van der Waals surface area contributed by atoms with Gasteiger partial charge in [0.15, 0.2) is 0 Å². The number of ether oxygens (including phenoxy) is 2. The van der Waals surface area contributed by atoms with Crippen molar-refractivity contribution < 1.29 is 14.3 Å². The predicted octanol–water partition coefficient (Wildman–Crippen LogP) is 0.517. The minimum absolute atomic E-state index is 0.0291. The van der Waals surface area contributed by atoms with Crippen LogP contribution in [0.1, 0.15) is 16.2 Å². The summed E-state index contributed by atoms with van der Waals surface area (Å²) in [5.41, 5.74) is 0.730. The van der Waals surface area contributed by atoms with Crippen LogP contribution >= 0.6 is 0 Å². The van der Waals surface area contributed by atoms with E-state index < -0.39 is 5.97 Å². The predicted molar refractivity (Wildman–Crippen MR) is 61.3 cm³/mol.